The van der Waals surface area contributed by atoms with Gasteiger partial charge in [-0.15, -0.1) is 0 Å². The van der Waals surface area contributed by atoms with Crippen molar-refractivity contribution in [2.24, 2.45) is 0 Å². The van der Waals surface area contributed by atoms with Crippen LogP contribution in [0.1, 0.15) is 29.4 Å². The monoisotopic (exact) mass is 453 g/mol. The number of imidazole rings is 1. The second kappa shape index (κ2) is 8.48. The highest BCUT2D eigenvalue weighted by Crippen LogP contribution is 2.29. The fourth-order valence-corrected chi connectivity index (χ4v) is 3.68. The number of aromatic nitrogens is 3. The lowest BCUT2D eigenvalue weighted by atomic mass is 10.0. The molecule has 0 aliphatic heterocycles. The Labute approximate surface area is 177 Å². The normalized spacial score (nSPS) is 14.9. The second-order valence-electron chi connectivity index (χ2n) is 6.63. The van der Waals surface area contributed by atoms with Gasteiger partial charge in [0.2, 0.25) is 0 Å². The van der Waals surface area contributed by atoms with Gasteiger partial charge in [-0.25, -0.2) is 9.78 Å². The van der Waals surface area contributed by atoms with Crippen LogP contribution in [-0.2, 0) is 6.54 Å². The summed E-state index contributed by atoms with van der Waals surface area (Å²) >= 11 is 3.41. The lowest BCUT2D eigenvalue weighted by Crippen LogP contribution is -2.33. The molecule has 29 heavy (non-hydrogen) atoms. The molecule has 0 radical (unpaired) electrons. The largest absolute Gasteiger partial charge is 0.495 e. The lowest BCUT2D eigenvalue weighted by Gasteiger charge is -2.21. The summed E-state index contributed by atoms with van der Waals surface area (Å²) in [7, 11) is 1.57. The van der Waals surface area contributed by atoms with Crippen LogP contribution in [0.25, 0.3) is 6.08 Å². The third kappa shape index (κ3) is 4.32. The van der Waals surface area contributed by atoms with Gasteiger partial charge in [-0.05, 0) is 48.4 Å². The molecule has 4 rings (SSSR count). The number of fused-ring (bicyclic) bond motifs is 1. The molecule has 8 heteroatoms. The van der Waals surface area contributed by atoms with Crippen molar-refractivity contribution in [2.45, 2.75) is 19.0 Å². The molecule has 2 aromatic heterocycles. The number of carbonyl (C=O) groups excluding carboxylic acids is 1. The van der Waals surface area contributed by atoms with E-state index in [0.717, 1.165) is 21.4 Å². The molecule has 2 N–H and O–H groups in total. The first kappa shape index (κ1) is 19.2. The number of halogens is 1. The van der Waals surface area contributed by atoms with Gasteiger partial charge in [0.1, 0.15) is 5.75 Å². The van der Waals surface area contributed by atoms with Gasteiger partial charge in [0.15, 0.2) is 0 Å². The molecule has 1 aliphatic carbocycles. The number of carbonyl (C=O) groups is 1. The standard InChI is InChI=1S/C21H20BrN5O2/c1-29-19-6-5-15(22)11-17(19)26-21(28)25-16-3-2-4-18-20(16)24-13-27(18)12-14-7-9-23-10-8-14/h2,4-11,13,16H,3,12H2,1H3,(H2,25,26,28). The minimum atomic E-state index is -0.309. The predicted octanol–water partition coefficient (Wildman–Crippen LogP) is 4.38. The number of benzene rings is 1. The number of amides is 2. The van der Waals surface area contributed by atoms with Gasteiger partial charge in [0.25, 0.3) is 0 Å². The number of hydrogen-bond donors (Lipinski definition) is 2. The average molecular weight is 454 g/mol. The van der Waals surface area contributed by atoms with E-state index in [2.05, 4.69) is 53.3 Å². The van der Waals surface area contributed by atoms with Gasteiger partial charge in [0, 0.05) is 23.4 Å². The van der Waals surface area contributed by atoms with E-state index < -0.39 is 0 Å². The minimum absolute atomic E-state index is 0.202. The quantitative estimate of drug-likeness (QED) is 0.600. The fourth-order valence-electron chi connectivity index (χ4n) is 3.32. The molecule has 3 aromatic rings. The topological polar surface area (TPSA) is 81.1 Å². The number of urea groups is 1. The number of methoxy groups -OCH3 is 1. The van der Waals surface area contributed by atoms with Gasteiger partial charge >= 0.3 is 6.03 Å². The predicted molar refractivity (Wildman–Crippen MR) is 115 cm³/mol. The third-order valence-corrected chi connectivity index (χ3v) is 5.20. The Kier molecular flexibility index (Phi) is 5.62. The zero-order valence-corrected chi connectivity index (χ0v) is 17.4. The van der Waals surface area contributed by atoms with Crippen molar-refractivity contribution < 1.29 is 9.53 Å². The van der Waals surface area contributed by atoms with E-state index in [1.165, 1.54) is 0 Å². The van der Waals surface area contributed by atoms with E-state index in [0.29, 0.717) is 24.4 Å². The molecule has 1 atom stereocenters. The van der Waals surface area contributed by atoms with E-state index in [1.54, 1.807) is 31.6 Å². The SMILES string of the molecule is COc1ccc(Br)cc1NC(=O)NC1CC=Cc2c1ncn2Cc1ccncc1. The van der Waals surface area contributed by atoms with E-state index in [4.69, 9.17) is 4.74 Å². The van der Waals surface area contributed by atoms with Crippen molar-refractivity contribution in [2.75, 3.05) is 12.4 Å². The molecule has 148 valence electrons. The summed E-state index contributed by atoms with van der Waals surface area (Å²) in [5.41, 5.74) is 3.59. The molecule has 0 saturated carbocycles. The van der Waals surface area contributed by atoms with Crippen LogP contribution in [0.5, 0.6) is 5.75 Å². The van der Waals surface area contributed by atoms with Crippen LogP contribution in [0.3, 0.4) is 0 Å². The van der Waals surface area contributed by atoms with Crippen molar-refractivity contribution in [1.82, 2.24) is 19.9 Å². The summed E-state index contributed by atoms with van der Waals surface area (Å²) < 4.78 is 8.24. The Balaban J connectivity index is 1.48. The maximum atomic E-state index is 12.6. The molecule has 1 aliphatic rings. The van der Waals surface area contributed by atoms with Crippen LogP contribution in [0, 0.1) is 0 Å². The molecule has 2 heterocycles. The van der Waals surface area contributed by atoms with Crippen LogP contribution >= 0.6 is 15.9 Å². The molecule has 1 unspecified atom stereocenters. The van der Waals surface area contributed by atoms with Crippen molar-refractivity contribution in [3.05, 3.63) is 76.6 Å². The van der Waals surface area contributed by atoms with Gasteiger partial charge in [0.05, 0.1) is 36.6 Å². The van der Waals surface area contributed by atoms with Crippen molar-refractivity contribution in [3.63, 3.8) is 0 Å². The van der Waals surface area contributed by atoms with Crippen molar-refractivity contribution in [1.29, 1.82) is 0 Å². The van der Waals surface area contributed by atoms with Crippen LogP contribution < -0.4 is 15.4 Å². The molecule has 0 bridgehead atoms. The maximum absolute atomic E-state index is 12.6. The third-order valence-electron chi connectivity index (χ3n) is 4.70. The zero-order valence-electron chi connectivity index (χ0n) is 15.8. The average Bonchev–Trinajstić information content (AvgIpc) is 3.13. The molecule has 0 saturated heterocycles. The van der Waals surface area contributed by atoms with Crippen molar-refractivity contribution >= 4 is 33.7 Å². The Hall–Kier alpha value is -3.13. The van der Waals surface area contributed by atoms with Crippen LogP contribution in [0.2, 0.25) is 0 Å². The minimum Gasteiger partial charge on any atom is -0.495 e. The molecule has 0 spiro atoms. The Morgan fingerprint density at radius 1 is 1.31 bits per heavy atom. The van der Waals surface area contributed by atoms with E-state index in [1.807, 2.05) is 24.5 Å². The first-order chi connectivity index (χ1) is 14.1. The molecule has 7 nitrogen and oxygen atoms in total. The molecule has 1 aromatic carbocycles. The number of nitrogens with zero attached hydrogens (tertiary/aromatic N) is 3. The van der Waals surface area contributed by atoms with Crippen LogP contribution in [0.15, 0.2) is 59.6 Å². The summed E-state index contributed by atoms with van der Waals surface area (Å²) in [5, 5.41) is 5.87. The summed E-state index contributed by atoms with van der Waals surface area (Å²) in [6, 6.07) is 8.90. The number of rotatable bonds is 5. The molecule has 2 amide bonds. The summed E-state index contributed by atoms with van der Waals surface area (Å²) in [4.78, 5) is 21.2. The Morgan fingerprint density at radius 2 is 2.14 bits per heavy atom. The van der Waals surface area contributed by atoms with Crippen LogP contribution in [0.4, 0.5) is 10.5 Å². The van der Waals surface area contributed by atoms with Crippen molar-refractivity contribution in [3.8, 4) is 5.75 Å². The highest BCUT2D eigenvalue weighted by atomic mass is 79.9. The number of hydrogen-bond acceptors (Lipinski definition) is 4. The van der Waals surface area contributed by atoms with E-state index >= 15 is 0 Å². The smallest absolute Gasteiger partial charge is 0.319 e. The Bertz CT molecular complexity index is 1050. The first-order valence-electron chi connectivity index (χ1n) is 9.15. The summed E-state index contributed by atoms with van der Waals surface area (Å²) in [6.45, 7) is 0.698. The number of nitrogens with one attached hydrogen (secondary N) is 2. The maximum Gasteiger partial charge on any atom is 0.319 e. The second-order valence-corrected chi connectivity index (χ2v) is 7.55. The van der Waals surface area contributed by atoms with E-state index in [-0.39, 0.29) is 12.1 Å². The Morgan fingerprint density at radius 3 is 2.93 bits per heavy atom. The fraction of sp³-hybridized carbons (Fsp3) is 0.190. The number of anilines is 1. The van der Waals surface area contributed by atoms with Gasteiger partial charge in [-0.2, -0.15) is 0 Å². The number of pyridine rings is 1. The highest BCUT2D eigenvalue weighted by Gasteiger charge is 2.23. The van der Waals surface area contributed by atoms with Gasteiger partial charge in [-0.3, -0.25) is 4.98 Å². The lowest BCUT2D eigenvalue weighted by molar-refractivity contribution is 0.248. The molecule has 0 fully saturated rings. The first-order valence-corrected chi connectivity index (χ1v) is 9.95. The van der Waals surface area contributed by atoms with Gasteiger partial charge in [-0.1, -0.05) is 22.0 Å². The highest BCUT2D eigenvalue weighted by molar-refractivity contribution is 9.10. The summed E-state index contributed by atoms with van der Waals surface area (Å²) in [5.74, 6) is 0.592. The molecular formula is C21H20BrN5O2. The van der Waals surface area contributed by atoms with Crippen LogP contribution in [-0.4, -0.2) is 27.7 Å². The van der Waals surface area contributed by atoms with E-state index in [9.17, 15) is 4.79 Å². The molecular weight excluding hydrogens is 434 g/mol. The van der Waals surface area contributed by atoms with Gasteiger partial charge < -0.3 is 19.9 Å². The summed E-state index contributed by atoms with van der Waals surface area (Å²) in [6.07, 6.45) is 10.2. The number of ether oxygens (including phenoxy) is 1. The zero-order chi connectivity index (χ0) is 20.2.